The smallest absolute Gasteiger partial charge is 0.317 e. The first-order valence-electron chi connectivity index (χ1n) is 4.93. The summed E-state index contributed by atoms with van der Waals surface area (Å²) in [4.78, 5) is 33.7. The molecular weight excluding hydrogens is 224 g/mol. The summed E-state index contributed by atoms with van der Waals surface area (Å²) in [5.41, 5.74) is -1.74. The van der Waals surface area contributed by atoms with Gasteiger partial charge in [-0.3, -0.25) is 14.4 Å². The van der Waals surface area contributed by atoms with E-state index >= 15 is 0 Å². The third-order valence-electron chi connectivity index (χ3n) is 2.51. The van der Waals surface area contributed by atoms with Gasteiger partial charge >= 0.3 is 11.9 Å². The van der Waals surface area contributed by atoms with Gasteiger partial charge in [-0.1, -0.05) is 30.3 Å². The van der Waals surface area contributed by atoms with Crippen LogP contribution < -0.4 is 0 Å². The van der Waals surface area contributed by atoms with Crippen molar-refractivity contribution in [2.75, 3.05) is 0 Å². The number of aliphatic carboxylic acids is 2. The maximum atomic E-state index is 12.0. The average molecular weight is 236 g/mol. The summed E-state index contributed by atoms with van der Waals surface area (Å²) < 4.78 is 0. The van der Waals surface area contributed by atoms with Gasteiger partial charge in [-0.05, 0) is 6.92 Å². The van der Waals surface area contributed by atoms with Gasteiger partial charge in [-0.25, -0.2) is 0 Å². The summed E-state index contributed by atoms with van der Waals surface area (Å²) in [6.45, 7) is 1.12. The lowest BCUT2D eigenvalue weighted by atomic mass is 9.79. The predicted octanol–water partition coefficient (Wildman–Crippen LogP) is 1.43. The van der Waals surface area contributed by atoms with Crippen LogP contribution in [-0.2, 0) is 9.59 Å². The van der Waals surface area contributed by atoms with Crippen molar-refractivity contribution in [1.82, 2.24) is 0 Å². The number of carboxylic acid groups (broad SMARTS) is 2. The summed E-state index contributed by atoms with van der Waals surface area (Å²) in [7, 11) is 0. The molecule has 5 heteroatoms. The summed E-state index contributed by atoms with van der Waals surface area (Å²) in [5, 5.41) is 17.7. The number of benzene rings is 1. The lowest BCUT2D eigenvalue weighted by Crippen LogP contribution is -2.38. The first-order valence-corrected chi connectivity index (χ1v) is 4.93. The fourth-order valence-corrected chi connectivity index (χ4v) is 1.46. The Balaban J connectivity index is 3.12. The number of Topliss-reactive ketones (excluding diaryl/α,β-unsaturated/α-hetero) is 1. The number of carbonyl (C=O) groups is 3. The van der Waals surface area contributed by atoms with Crippen LogP contribution in [0.2, 0.25) is 0 Å². The molecule has 0 heterocycles. The van der Waals surface area contributed by atoms with Crippen molar-refractivity contribution in [3.63, 3.8) is 0 Å². The highest BCUT2D eigenvalue weighted by Crippen LogP contribution is 2.27. The third-order valence-corrected chi connectivity index (χ3v) is 2.51. The second kappa shape index (κ2) is 4.78. The standard InChI is InChI=1S/C12H12O5/c1-12(11(16)17,7-9(13)14)10(15)8-5-3-2-4-6-8/h2-6H,7H2,1H3,(H,13,14)(H,16,17). The van der Waals surface area contributed by atoms with Gasteiger partial charge < -0.3 is 10.2 Å². The van der Waals surface area contributed by atoms with Crippen molar-refractivity contribution in [1.29, 1.82) is 0 Å². The van der Waals surface area contributed by atoms with Crippen LogP contribution in [0.3, 0.4) is 0 Å². The quantitative estimate of drug-likeness (QED) is 0.596. The molecule has 17 heavy (non-hydrogen) atoms. The van der Waals surface area contributed by atoms with Gasteiger partial charge in [0.2, 0.25) is 0 Å². The van der Waals surface area contributed by atoms with E-state index in [1.54, 1.807) is 18.2 Å². The minimum atomic E-state index is -1.94. The average Bonchev–Trinajstić information content (AvgIpc) is 2.28. The van der Waals surface area contributed by atoms with Gasteiger partial charge in [-0.2, -0.15) is 0 Å². The summed E-state index contributed by atoms with van der Waals surface area (Å²) >= 11 is 0. The van der Waals surface area contributed by atoms with Gasteiger partial charge in [0.1, 0.15) is 5.41 Å². The molecule has 0 aliphatic carbocycles. The first-order chi connectivity index (χ1) is 7.88. The second-order valence-electron chi connectivity index (χ2n) is 3.90. The molecule has 5 nitrogen and oxygen atoms in total. The molecule has 1 aromatic carbocycles. The van der Waals surface area contributed by atoms with Crippen molar-refractivity contribution in [2.45, 2.75) is 13.3 Å². The molecule has 0 aliphatic heterocycles. The highest BCUT2D eigenvalue weighted by Gasteiger charge is 2.43. The number of carbonyl (C=O) groups excluding carboxylic acids is 1. The monoisotopic (exact) mass is 236 g/mol. The number of hydrogen-bond acceptors (Lipinski definition) is 3. The Hall–Kier alpha value is -2.17. The lowest BCUT2D eigenvalue weighted by Gasteiger charge is -2.21. The second-order valence-corrected chi connectivity index (χ2v) is 3.90. The minimum Gasteiger partial charge on any atom is -0.481 e. The Kier molecular flexibility index (Phi) is 3.62. The van der Waals surface area contributed by atoms with Crippen molar-refractivity contribution in [3.8, 4) is 0 Å². The molecule has 0 saturated heterocycles. The minimum absolute atomic E-state index is 0.193. The van der Waals surface area contributed by atoms with E-state index in [0.717, 1.165) is 6.92 Å². The Morgan fingerprint density at radius 3 is 2.06 bits per heavy atom. The number of carboxylic acids is 2. The number of hydrogen-bond donors (Lipinski definition) is 2. The normalized spacial score (nSPS) is 13.7. The SMILES string of the molecule is CC(CC(=O)O)(C(=O)O)C(=O)c1ccccc1. The van der Waals surface area contributed by atoms with Gasteiger partial charge in [0.15, 0.2) is 5.78 Å². The summed E-state index contributed by atoms with van der Waals surface area (Å²) in [5.74, 6) is -3.46. The molecule has 0 bridgehead atoms. The van der Waals surface area contributed by atoms with Gasteiger partial charge in [0.05, 0.1) is 6.42 Å². The zero-order valence-corrected chi connectivity index (χ0v) is 9.21. The maximum Gasteiger partial charge on any atom is 0.317 e. The fourth-order valence-electron chi connectivity index (χ4n) is 1.46. The molecule has 1 atom stereocenters. The molecule has 2 N–H and O–H groups in total. The Morgan fingerprint density at radius 2 is 1.65 bits per heavy atom. The van der Waals surface area contributed by atoms with E-state index in [-0.39, 0.29) is 5.56 Å². The first kappa shape index (κ1) is 12.9. The van der Waals surface area contributed by atoms with Crippen LogP contribution in [0.4, 0.5) is 0 Å². The fraction of sp³-hybridized carbons (Fsp3) is 0.250. The van der Waals surface area contributed by atoms with Crippen LogP contribution in [0.5, 0.6) is 0 Å². The summed E-state index contributed by atoms with van der Waals surface area (Å²) in [6, 6.07) is 7.80. The molecule has 1 rings (SSSR count). The molecule has 0 radical (unpaired) electrons. The highest BCUT2D eigenvalue weighted by molar-refractivity contribution is 6.13. The molecule has 0 fully saturated rings. The van der Waals surface area contributed by atoms with Crippen molar-refractivity contribution < 1.29 is 24.6 Å². The molecule has 0 aliphatic rings. The third kappa shape index (κ3) is 2.69. The van der Waals surface area contributed by atoms with E-state index in [1.165, 1.54) is 12.1 Å². The van der Waals surface area contributed by atoms with Crippen LogP contribution in [-0.4, -0.2) is 27.9 Å². The Morgan fingerprint density at radius 1 is 1.12 bits per heavy atom. The Bertz CT molecular complexity index is 451. The maximum absolute atomic E-state index is 12.0. The van der Waals surface area contributed by atoms with Crippen LogP contribution in [0.25, 0.3) is 0 Å². The van der Waals surface area contributed by atoms with Crippen LogP contribution in [0.15, 0.2) is 30.3 Å². The molecular formula is C12H12O5. The van der Waals surface area contributed by atoms with E-state index < -0.39 is 29.6 Å². The van der Waals surface area contributed by atoms with Gasteiger partial charge in [0, 0.05) is 5.56 Å². The zero-order valence-electron chi connectivity index (χ0n) is 9.21. The largest absolute Gasteiger partial charge is 0.481 e. The van der Waals surface area contributed by atoms with E-state index in [2.05, 4.69) is 0 Å². The molecule has 0 aromatic heterocycles. The number of rotatable bonds is 5. The Labute approximate surface area is 97.7 Å². The molecule has 0 amide bonds. The molecule has 0 saturated carbocycles. The van der Waals surface area contributed by atoms with Gasteiger partial charge in [0.25, 0.3) is 0 Å². The van der Waals surface area contributed by atoms with Gasteiger partial charge in [-0.15, -0.1) is 0 Å². The molecule has 1 aromatic rings. The van der Waals surface area contributed by atoms with Crippen molar-refractivity contribution in [2.24, 2.45) is 5.41 Å². The predicted molar refractivity (Wildman–Crippen MR) is 58.8 cm³/mol. The van der Waals surface area contributed by atoms with Crippen LogP contribution in [0, 0.1) is 5.41 Å². The topological polar surface area (TPSA) is 91.7 Å². The molecule has 1 unspecified atom stereocenters. The lowest BCUT2D eigenvalue weighted by molar-refractivity contribution is -0.151. The van der Waals surface area contributed by atoms with Crippen LogP contribution >= 0.6 is 0 Å². The van der Waals surface area contributed by atoms with Crippen molar-refractivity contribution >= 4 is 17.7 Å². The molecule has 90 valence electrons. The van der Waals surface area contributed by atoms with Crippen LogP contribution in [0.1, 0.15) is 23.7 Å². The van der Waals surface area contributed by atoms with Crippen molar-refractivity contribution in [3.05, 3.63) is 35.9 Å². The van der Waals surface area contributed by atoms with E-state index in [9.17, 15) is 14.4 Å². The zero-order chi connectivity index (χ0) is 13.1. The number of ketones is 1. The van der Waals surface area contributed by atoms with E-state index in [0.29, 0.717) is 0 Å². The molecule has 0 spiro atoms. The van der Waals surface area contributed by atoms with E-state index in [1.807, 2.05) is 0 Å². The van der Waals surface area contributed by atoms with E-state index in [4.69, 9.17) is 10.2 Å². The highest BCUT2D eigenvalue weighted by atomic mass is 16.4. The summed E-state index contributed by atoms with van der Waals surface area (Å²) in [6.07, 6.45) is -0.740.